The molecule has 0 radical (unpaired) electrons. The first-order valence-electron chi connectivity index (χ1n) is 6.27. The zero-order valence-corrected chi connectivity index (χ0v) is 9.82. The molecule has 2 heteroatoms. The Balaban J connectivity index is 1.91. The van der Waals surface area contributed by atoms with Crippen molar-refractivity contribution in [2.24, 2.45) is 5.73 Å². The second-order valence-electron chi connectivity index (χ2n) is 4.51. The molecule has 1 aliphatic rings. The Morgan fingerprint density at radius 2 is 2.19 bits per heavy atom. The number of hydrogen-bond acceptors (Lipinski definition) is 2. The lowest BCUT2D eigenvalue weighted by molar-refractivity contribution is 0.114. The van der Waals surface area contributed by atoms with E-state index in [1.807, 2.05) is 0 Å². The summed E-state index contributed by atoms with van der Waals surface area (Å²) in [6.45, 7) is 2.38. The summed E-state index contributed by atoms with van der Waals surface area (Å²) in [7, 11) is 0. The Morgan fingerprint density at radius 3 is 3.06 bits per heavy atom. The van der Waals surface area contributed by atoms with Crippen molar-refractivity contribution < 1.29 is 4.74 Å². The second-order valence-corrected chi connectivity index (χ2v) is 4.51. The molecule has 1 aromatic carbocycles. The van der Waals surface area contributed by atoms with Crippen LogP contribution < -0.4 is 5.73 Å². The number of benzene rings is 1. The van der Waals surface area contributed by atoms with Crippen molar-refractivity contribution in [3.05, 3.63) is 35.4 Å². The number of hydrogen-bond donors (Lipinski definition) is 1. The first kappa shape index (κ1) is 11.6. The molecule has 0 amide bonds. The van der Waals surface area contributed by atoms with Crippen LogP contribution >= 0.6 is 0 Å². The standard InChI is InChI=1S/C14H21NO/c15-9-4-10-16-11-13-7-3-6-12-5-1-2-8-14(12)13/h1-2,5,8,13H,3-4,6-7,9-11,15H2. The first-order chi connectivity index (χ1) is 7.92. The molecule has 2 rings (SSSR count). The molecule has 1 aliphatic carbocycles. The quantitative estimate of drug-likeness (QED) is 0.772. The molecule has 0 fully saturated rings. The van der Waals surface area contributed by atoms with Crippen molar-refractivity contribution in [3.8, 4) is 0 Å². The van der Waals surface area contributed by atoms with Crippen LogP contribution in [0.3, 0.4) is 0 Å². The van der Waals surface area contributed by atoms with E-state index in [4.69, 9.17) is 10.5 Å². The van der Waals surface area contributed by atoms with E-state index in [-0.39, 0.29) is 0 Å². The highest BCUT2D eigenvalue weighted by Gasteiger charge is 2.19. The SMILES string of the molecule is NCCCOCC1CCCc2ccccc21. The summed E-state index contributed by atoms with van der Waals surface area (Å²) in [5.41, 5.74) is 8.46. The number of ether oxygens (including phenoxy) is 1. The van der Waals surface area contributed by atoms with Gasteiger partial charge in [0.1, 0.15) is 0 Å². The van der Waals surface area contributed by atoms with Crippen LogP contribution in [0.5, 0.6) is 0 Å². The van der Waals surface area contributed by atoms with E-state index in [2.05, 4.69) is 24.3 Å². The lowest BCUT2D eigenvalue weighted by Crippen LogP contribution is -2.16. The van der Waals surface area contributed by atoms with E-state index < -0.39 is 0 Å². The molecule has 2 nitrogen and oxygen atoms in total. The molecule has 1 atom stereocenters. The Morgan fingerprint density at radius 1 is 1.31 bits per heavy atom. The highest BCUT2D eigenvalue weighted by atomic mass is 16.5. The highest BCUT2D eigenvalue weighted by Crippen LogP contribution is 2.31. The molecule has 0 saturated heterocycles. The molecule has 0 spiro atoms. The van der Waals surface area contributed by atoms with E-state index in [0.717, 1.165) is 26.2 Å². The van der Waals surface area contributed by atoms with E-state index in [1.54, 1.807) is 0 Å². The maximum Gasteiger partial charge on any atom is 0.0534 e. The normalized spacial score (nSPS) is 19.4. The van der Waals surface area contributed by atoms with Gasteiger partial charge in [-0.3, -0.25) is 0 Å². The molecule has 2 N–H and O–H groups in total. The molecule has 0 heterocycles. The maximum absolute atomic E-state index is 5.69. The Labute approximate surface area is 97.8 Å². The van der Waals surface area contributed by atoms with E-state index >= 15 is 0 Å². The third kappa shape index (κ3) is 2.83. The second kappa shape index (κ2) is 6.02. The summed E-state index contributed by atoms with van der Waals surface area (Å²) < 4.78 is 5.69. The number of fused-ring (bicyclic) bond motifs is 1. The van der Waals surface area contributed by atoms with Gasteiger partial charge in [-0.15, -0.1) is 0 Å². The molecular weight excluding hydrogens is 198 g/mol. The van der Waals surface area contributed by atoms with Crippen LogP contribution in [0.25, 0.3) is 0 Å². The lowest BCUT2D eigenvalue weighted by Gasteiger charge is -2.25. The predicted molar refractivity (Wildman–Crippen MR) is 66.6 cm³/mol. The summed E-state index contributed by atoms with van der Waals surface area (Å²) >= 11 is 0. The Bertz CT molecular complexity index is 324. The van der Waals surface area contributed by atoms with Crippen molar-refractivity contribution in [1.29, 1.82) is 0 Å². The van der Waals surface area contributed by atoms with Gasteiger partial charge in [-0.05, 0) is 43.4 Å². The molecule has 0 saturated carbocycles. The van der Waals surface area contributed by atoms with Gasteiger partial charge in [0, 0.05) is 12.5 Å². The molecule has 0 aromatic heterocycles. The van der Waals surface area contributed by atoms with Gasteiger partial charge in [0.05, 0.1) is 6.61 Å². The monoisotopic (exact) mass is 219 g/mol. The van der Waals surface area contributed by atoms with Crippen molar-refractivity contribution in [2.75, 3.05) is 19.8 Å². The zero-order chi connectivity index (χ0) is 11.2. The fourth-order valence-corrected chi connectivity index (χ4v) is 2.44. The fraction of sp³-hybridized carbons (Fsp3) is 0.571. The lowest BCUT2D eigenvalue weighted by atomic mass is 9.83. The highest BCUT2D eigenvalue weighted by molar-refractivity contribution is 5.32. The molecular formula is C14H21NO. The third-order valence-electron chi connectivity index (χ3n) is 3.31. The van der Waals surface area contributed by atoms with Crippen molar-refractivity contribution in [2.45, 2.75) is 31.6 Å². The Hall–Kier alpha value is -0.860. The van der Waals surface area contributed by atoms with Crippen LogP contribution in [-0.4, -0.2) is 19.8 Å². The largest absolute Gasteiger partial charge is 0.381 e. The summed E-state index contributed by atoms with van der Waals surface area (Å²) in [5, 5.41) is 0. The van der Waals surface area contributed by atoms with Crippen LogP contribution in [0.2, 0.25) is 0 Å². The fourth-order valence-electron chi connectivity index (χ4n) is 2.44. The van der Waals surface area contributed by atoms with Crippen molar-refractivity contribution in [3.63, 3.8) is 0 Å². The van der Waals surface area contributed by atoms with Crippen molar-refractivity contribution in [1.82, 2.24) is 0 Å². The first-order valence-corrected chi connectivity index (χ1v) is 6.27. The third-order valence-corrected chi connectivity index (χ3v) is 3.31. The van der Waals surface area contributed by atoms with Gasteiger partial charge in [-0.1, -0.05) is 24.3 Å². The summed E-state index contributed by atoms with van der Waals surface area (Å²) in [6, 6.07) is 8.78. The number of aryl methyl sites for hydroxylation is 1. The van der Waals surface area contributed by atoms with Gasteiger partial charge in [0.2, 0.25) is 0 Å². The van der Waals surface area contributed by atoms with E-state index in [1.165, 1.54) is 30.4 Å². The van der Waals surface area contributed by atoms with Gasteiger partial charge < -0.3 is 10.5 Å². The van der Waals surface area contributed by atoms with Gasteiger partial charge in [0.25, 0.3) is 0 Å². The molecule has 88 valence electrons. The molecule has 0 aliphatic heterocycles. The number of rotatable bonds is 5. The molecule has 1 unspecified atom stereocenters. The predicted octanol–water partition coefficient (Wildman–Crippen LogP) is 2.47. The van der Waals surface area contributed by atoms with Gasteiger partial charge in [-0.25, -0.2) is 0 Å². The van der Waals surface area contributed by atoms with Crippen LogP contribution in [-0.2, 0) is 11.2 Å². The number of nitrogens with two attached hydrogens (primary N) is 1. The average molecular weight is 219 g/mol. The summed E-state index contributed by atoms with van der Waals surface area (Å²) in [6.07, 6.45) is 4.76. The van der Waals surface area contributed by atoms with Crippen LogP contribution in [0.15, 0.2) is 24.3 Å². The molecule has 0 bridgehead atoms. The van der Waals surface area contributed by atoms with Crippen LogP contribution in [0.4, 0.5) is 0 Å². The van der Waals surface area contributed by atoms with Gasteiger partial charge >= 0.3 is 0 Å². The van der Waals surface area contributed by atoms with E-state index in [9.17, 15) is 0 Å². The van der Waals surface area contributed by atoms with Crippen LogP contribution in [0.1, 0.15) is 36.3 Å². The van der Waals surface area contributed by atoms with Gasteiger partial charge in [0.15, 0.2) is 0 Å². The minimum absolute atomic E-state index is 0.600. The van der Waals surface area contributed by atoms with Crippen molar-refractivity contribution >= 4 is 0 Å². The molecule has 16 heavy (non-hydrogen) atoms. The van der Waals surface area contributed by atoms with E-state index in [0.29, 0.717) is 5.92 Å². The Kier molecular flexibility index (Phi) is 4.37. The maximum atomic E-state index is 5.69. The minimum atomic E-state index is 0.600. The van der Waals surface area contributed by atoms with Crippen LogP contribution in [0, 0.1) is 0 Å². The molecule has 1 aromatic rings. The zero-order valence-electron chi connectivity index (χ0n) is 9.82. The summed E-state index contributed by atoms with van der Waals surface area (Å²) in [4.78, 5) is 0. The topological polar surface area (TPSA) is 35.2 Å². The van der Waals surface area contributed by atoms with Gasteiger partial charge in [-0.2, -0.15) is 0 Å². The minimum Gasteiger partial charge on any atom is -0.381 e. The smallest absolute Gasteiger partial charge is 0.0534 e. The average Bonchev–Trinajstić information content (AvgIpc) is 2.35. The summed E-state index contributed by atoms with van der Waals surface area (Å²) in [5.74, 6) is 0.600.